The number of anilines is 1. The van der Waals surface area contributed by atoms with Crippen LogP contribution >= 0.6 is 11.6 Å². The molecular formula is C24H26ClN7O. The van der Waals surface area contributed by atoms with Crippen molar-refractivity contribution in [1.29, 1.82) is 0 Å². The van der Waals surface area contributed by atoms with Crippen LogP contribution in [0.5, 0.6) is 0 Å². The Hall–Kier alpha value is -3.52. The summed E-state index contributed by atoms with van der Waals surface area (Å²) in [6.45, 7) is 4.72. The Bertz CT molecular complexity index is 1280. The van der Waals surface area contributed by atoms with E-state index in [9.17, 15) is 4.79 Å². The molecule has 8 nitrogen and oxygen atoms in total. The van der Waals surface area contributed by atoms with Crippen LogP contribution in [0.2, 0.25) is 5.02 Å². The molecular weight excluding hydrogens is 438 g/mol. The summed E-state index contributed by atoms with van der Waals surface area (Å²) in [4.78, 5) is 17.0. The summed E-state index contributed by atoms with van der Waals surface area (Å²) in [7, 11) is 1.91. The fraction of sp³-hybridized carbons (Fsp3) is 0.292. The number of fused-ring (bicyclic) bond motifs is 1. The van der Waals surface area contributed by atoms with E-state index in [1.165, 1.54) is 0 Å². The fourth-order valence-corrected chi connectivity index (χ4v) is 4.44. The standard InChI is InChI=1S/C24H26ClN7O/c1-17-14-30(9-10-31(17)24(33)26-11-18-3-6-21(25)7-4-18)23-13-28-32-16-19(5-8-22(23)32)20-12-27-29(2)15-20/h3-8,12-13,15-17H,9-11,14H2,1-2H3,(H,26,33)/t17-/m1/s1. The number of amides is 2. The van der Waals surface area contributed by atoms with Crippen molar-refractivity contribution in [3.63, 3.8) is 0 Å². The van der Waals surface area contributed by atoms with Gasteiger partial charge in [0.05, 0.1) is 23.6 Å². The summed E-state index contributed by atoms with van der Waals surface area (Å²) in [6.07, 6.45) is 7.78. The van der Waals surface area contributed by atoms with Crippen LogP contribution in [-0.2, 0) is 13.6 Å². The van der Waals surface area contributed by atoms with E-state index in [1.807, 2.05) is 65.5 Å². The molecule has 0 aliphatic carbocycles. The van der Waals surface area contributed by atoms with Crippen LogP contribution in [0.25, 0.3) is 16.6 Å². The van der Waals surface area contributed by atoms with Crippen LogP contribution in [0.3, 0.4) is 0 Å². The normalized spacial score (nSPS) is 16.4. The maximum absolute atomic E-state index is 12.8. The van der Waals surface area contributed by atoms with Gasteiger partial charge in [-0.1, -0.05) is 29.8 Å². The summed E-state index contributed by atoms with van der Waals surface area (Å²) in [6, 6.07) is 11.7. The Morgan fingerprint density at radius 2 is 1.88 bits per heavy atom. The lowest BCUT2D eigenvalue weighted by atomic mass is 10.1. The predicted molar refractivity (Wildman–Crippen MR) is 129 cm³/mol. The molecule has 1 saturated heterocycles. The Morgan fingerprint density at radius 3 is 2.61 bits per heavy atom. The zero-order chi connectivity index (χ0) is 22.9. The van der Waals surface area contributed by atoms with Gasteiger partial charge in [-0.15, -0.1) is 0 Å². The minimum Gasteiger partial charge on any atom is -0.365 e. The molecule has 1 fully saturated rings. The molecule has 1 N–H and O–H groups in total. The second-order valence-corrected chi connectivity index (χ2v) is 8.89. The molecule has 0 saturated carbocycles. The third kappa shape index (κ3) is 4.39. The van der Waals surface area contributed by atoms with Gasteiger partial charge >= 0.3 is 6.03 Å². The predicted octanol–water partition coefficient (Wildman–Crippen LogP) is 3.81. The molecule has 9 heteroatoms. The third-order valence-electron chi connectivity index (χ3n) is 6.12. The SMILES string of the molecule is C[C@@H]1CN(c2cnn3cc(-c4cnn(C)c4)ccc23)CCN1C(=O)NCc1ccc(Cl)cc1. The largest absolute Gasteiger partial charge is 0.365 e. The van der Waals surface area contributed by atoms with Gasteiger partial charge in [-0.25, -0.2) is 9.31 Å². The second-order valence-electron chi connectivity index (χ2n) is 8.45. The summed E-state index contributed by atoms with van der Waals surface area (Å²) < 4.78 is 3.70. The van der Waals surface area contributed by atoms with Crippen LogP contribution in [0.15, 0.2) is 61.2 Å². The monoisotopic (exact) mass is 463 g/mol. The number of halogens is 1. The highest BCUT2D eigenvalue weighted by molar-refractivity contribution is 6.30. The number of benzene rings is 1. The van der Waals surface area contributed by atoms with Crippen molar-refractivity contribution in [3.05, 3.63) is 71.8 Å². The third-order valence-corrected chi connectivity index (χ3v) is 6.37. The summed E-state index contributed by atoms with van der Waals surface area (Å²) in [5.41, 5.74) is 5.29. The van der Waals surface area contributed by atoms with E-state index in [1.54, 1.807) is 4.68 Å². The average molecular weight is 464 g/mol. The number of rotatable bonds is 4. The topological polar surface area (TPSA) is 70.7 Å². The maximum Gasteiger partial charge on any atom is 0.318 e. The Kier molecular flexibility index (Phi) is 5.68. The van der Waals surface area contributed by atoms with Gasteiger partial charge < -0.3 is 15.1 Å². The molecule has 0 bridgehead atoms. The van der Waals surface area contributed by atoms with E-state index >= 15 is 0 Å². The number of carbonyl (C=O) groups excluding carboxylic acids is 1. The Balaban J connectivity index is 1.24. The van der Waals surface area contributed by atoms with Gasteiger partial charge in [0.1, 0.15) is 0 Å². The molecule has 1 aromatic carbocycles. The molecule has 4 heterocycles. The molecule has 1 aliphatic heterocycles. The van der Waals surface area contributed by atoms with Gasteiger partial charge in [-0.05, 0) is 30.7 Å². The van der Waals surface area contributed by atoms with Crippen LogP contribution in [0.4, 0.5) is 10.5 Å². The van der Waals surface area contributed by atoms with Crippen molar-refractivity contribution < 1.29 is 4.79 Å². The van der Waals surface area contributed by atoms with Gasteiger partial charge in [0.2, 0.25) is 0 Å². The van der Waals surface area contributed by atoms with Crippen molar-refractivity contribution in [2.75, 3.05) is 24.5 Å². The molecule has 170 valence electrons. The van der Waals surface area contributed by atoms with Crippen molar-refractivity contribution in [2.24, 2.45) is 7.05 Å². The molecule has 1 atom stereocenters. The van der Waals surface area contributed by atoms with Gasteiger partial charge in [0.15, 0.2) is 0 Å². The second kappa shape index (κ2) is 8.78. The first-order valence-electron chi connectivity index (χ1n) is 11.0. The van der Waals surface area contributed by atoms with Crippen molar-refractivity contribution in [1.82, 2.24) is 29.6 Å². The number of hydrogen-bond donors (Lipinski definition) is 1. The Labute approximate surface area is 197 Å². The minimum atomic E-state index is -0.0434. The van der Waals surface area contributed by atoms with Gasteiger partial charge in [0.25, 0.3) is 0 Å². The fourth-order valence-electron chi connectivity index (χ4n) is 4.32. The number of carbonyl (C=O) groups is 1. The van der Waals surface area contributed by atoms with Crippen molar-refractivity contribution in [2.45, 2.75) is 19.5 Å². The number of urea groups is 1. The zero-order valence-electron chi connectivity index (χ0n) is 18.6. The number of aryl methyl sites for hydroxylation is 1. The molecule has 1 aliphatic rings. The quantitative estimate of drug-likeness (QED) is 0.499. The number of nitrogens with one attached hydrogen (secondary N) is 1. The molecule has 4 aromatic rings. The van der Waals surface area contributed by atoms with Gasteiger partial charge in [-0.2, -0.15) is 10.2 Å². The highest BCUT2D eigenvalue weighted by Crippen LogP contribution is 2.27. The van der Waals surface area contributed by atoms with Crippen LogP contribution < -0.4 is 10.2 Å². The van der Waals surface area contributed by atoms with Gasteiger partial charge in [-0.3, -0.25) is 4.68 Å². The molecule has 0 spiro atoms. The van der Waals surface area contributed by atoms with Crippen LogP contribution in [0.1, 0.15) is 12.5 Å². The first-order chi connectivity index (χ1) is 16.0. The van der Waals surface area contributed by atoms with Crippen molar-refractivity contribution in [3.8, 4) is 11.1 Å². The highest BCUT2D eigenvalue weighted by Gasteiger charge is 2.28. The molecule has 5 rings (SSSR count). The lowest BCUT2D eigenvalue weighted by molar-refractivity contribution is 0.171. The van der Waals surface area contributed by atoms with E-state index in [4.69, 9.17) is 11.6 Å². The smallest absolute Gasteiger partial charge is 0.318 e. The molecule has 2 amide bonds. The number of pyridine rings is 1. The number of hydrogen-bond acceptors (Lipinski definition) is 4. The van der Waals surface area contributed by atoms with E-state index < -0.39 is 0 Å². The lowest BCUT2D eigenvalue weighted by Crippen LogP contribution is -2.56. The number of nitrogens with zero attached hydrogens (tertiary/aromatic N) is 6. The van der Waals surface area contributed by atoms with Crippen LogP contribution in [0, 0.1) is 0 Å². The molecule has 3 aromatic heterocycles. The summed E-state index contributed by atoms with van der Waals surface area (Å²) in [5.74, 6) is 0. The lowest BCUT2D eigenvalue weighted by Gasteiger charge is -2.40. The van der Waals surface area contributed by atoms with E-state index in [0.29, 0.717) is 18.1 Å². The molecule has 0 radical (unpaired) electrons. The first kappa shape index (κ1) is 21.3. The summed E-state index contributed by atoms with van der Waals surface area (Å²) >= 11 is 5.93. The minimum absolute atomic E-state index is 0.0434. The summed E-state index contributed by atoms with van der Waals surface area (Å²) in [5, 5.41) is 12.5. The molecule has 33 heavy (non-hydrogen) atoms. The van der Waals surface area contributed by atoms with E-state index in [0.717, 1.165) is 41.0 Å². The number of piperazine rings is 1. The first-order valence-corrected chi connectivity index (χ1v) is 11.4. The maximum atomic E-state index is 12.8. The van der Waals surface area contributed by atoms with Crippen LogP contribution in [-0.4, -0.2) is 56.0 Å². The Morgan fingerprint density at radius 1 is 1.06 bits per heavy atom. The van der Waals surface area contributed by atoms with Gasteiger partial charge in [0, 0.05) is 67.8 Å². The van der Waals surface area contributed by atoms with Crippen molar-refractivity contribution >= 4 is 28.8 Å². The highest BCUT2D eigenvalue weighted by atomic mass is 35.5. The zero-order valence-corrected chi connectivity index (χ0v) is 19.4. The molecule has 0 unspecified atom stereocenters. The van der Waals surface area contributed by atoms with E-state index in [-0.39, 0.29) is 12.1 Å². The van der Waals surface area contributed by atoms with E-state index in [2.05, 4.69) is 39.5 Å². The number of aromatic nitrogens is 4. The average Bonchev–Trinajstić information content (AvgIpc) is 3.44.